The molecule has 4 rings (SSSR count). The molecule has 0 saturated carbocycles. The maximum Gasteiger partial charge on any atom is 0.264 e. The van der Waals surface area contributed by atoms with Crippen LogP contribution >= 0.6 is 0 Å². The van der Waals surface area contributed by atoms with Gasteiger partial charge in [-0.25, -0.2) is 8.42 Å². The van der Waals surface area contributed by atoms with Gasteiger partial charge in [-0.05, 0) is 60.4 Å². The van der Waals surface area contributed by atoms with Crippen LogP contribution in [0.3, 0.4) is 0 Å². The first-order chi connectivity index (χ1) is 16.9. The van der Waals surface area contributed by atoms with Crippen LogP contribution in [0.1, 0.15) is 28.3 Å². The lowest BCUT2D eigenvalue weighted by Crippen LogP contribution is -2.42. The van der Waals surface area contributed by atoms with Crippen molar-refractivity contribution in [3.8, 4) is 0 Å². The standard InChI is InChI=1S/C29H28N2O3S/c1-22-12-11-16-25(20-22)31(35(33,34)26-17-7-4-8-18-26)21-28(32)30-29(24-14-5-3-6-15-24)27-19-10-9-13-23(27)2/h3-20,29H,21H2,1-2H3,(H,30,32)/t29-/m0/s1. The molecule has 0 aliphatic carbocycles. The number of rotatable bonds is 8. The van der Waals surface area contributed by atoms with E-state index in [4.69, 9.17) is 0 Å². The van der Waals surface area contributed by atoms with E-state index in [0.717, 1.165) is 22.3 Å². The van der Waals surface area contributed by atoms with Gasteiger partial charge in [0.15, 0.2) is 0 Å². The second kappa shape index (κ2) is 10.6. The van der Waals surface area contributed by atoms with Crippen LogP contribution in [0.15, 0.2) is 114 Å². The highest BCUT2D eigenvalue weighted by atomic mass is 32.2. The topological polar surface area (TPSA) is 66.5 Å². The van der Waals surface area contributed by atoms with Gasteiger partial charge in [0.25, 0.3) is 10.0 Å². The van der Waals surface area contributed by atoms with Crippen molar-refractivity contribution in [1.82, 2.24) is 5.32 Å². The molecule has 0 spiro atoms. The molecule has 1 amide bonds. The van der Waals surface area contributed by atoms with Crippen LogP contribution in [0, 0.1) is 13.8 Å². The number of nitrogens with zero attached hydrogens (tertiary/aromatic N) is 1. The number of sulfonamides is 1. The van der Waals surface area contributed by atoms with Crippen LogP contribution in [0.5, 0.6) is 0 Å². The van der Waals surface area contributed by atoms with Crippen molar-refractivity contribution in [2.45, 2.75) is 24.8 Å². The third-order valence-electron chi connectivity index (χ3n) is 5.85. The number of aryl methyl sites for hydroxylation is 2. The van der Waals surface area contributed by atoms with Crippen LogP contribution in [0.4, 0.5) is 5.69 Å². The highest BCUT2D eigenvalue weighted by Crippen LogP contribution is 2.27. The zero-order chi connectivity index (χ0) is 24.8. The average molecular weight is 485 g/mol. The molecule has 4 aromatic carbocycles. The number of hydrogen-bond acceptors (Lipinski definition) is 3. The first-order valence-corrected chi connectivity index (χ1v) is 12.8. The van der Waals surface area contributed by atoms with Crippen LogP contribution < -0.4 is 9.62 Å². The number of nitrogens with one attached hydrogen (secondary N) is 1. The molecule has 6 heteroatoms. The van der Waals surface area contributed by atoms with Gasteiger partial charge >= 0.3 is 0 Å². The Morgan fingerprint density at radius 2 is 1.43 bits per heavy atom. The zero-order valence-corrected chi connectivity index (χ0v) is 20.6. The summed E-state index contributed by atoms with van der Waals surface area (Å²) in [5, 5.41) is 3.08. The summed E-state index contributed by atoms with van der Waals surface area (Å²) in [4.78, 5) is 13.6. The van der Waals surface area contributed by atoms with Crippen molar-refractivity contribution in [2.24, 2.45) is 0 Å². The zero-order valence-electron chi connectivity index (χ0n) is 19.8. The Morgan fingerprint density at radius 1 is 0.800 bits per heavy atom. The van der Waals surface area contributed by atoms with Gasteiger partial charge in [0.05, 0.1) is 16.6 Å². The van der Waals surface area contributed by atoms with E-state index >= 15 is 0 Å². The van der Waals surface area contributed by atoms with Crippen molar-refractivity contribution >= 4 is 21.6 Å². The molecule has 0 aliphatic rings. The van der Waals surface area contributed by atoms with Crippen molar-refractivity contribution in [1.29, 1.82) is 0 Å². The molecule has 5 nitrogen and oxygen atoms in total. The monoisotopic (exact) mass is 484 g/mol. The molecule has 1 N–H and O–H groups in total. The Labute approximate surface area is 207 Å². The minimum absolute atomic E-state index is 0.132. The van der Waals surface area contributed by atoms with Crippen molar-refractivity contribution in [3.63, 3.8) is 0 Å². The fraction of sp³-hybridized carbons (Fsp3) is 0.138. The summed E-state index contributed by atoms with van der Waals surface area (Å²) in [6, 6.07) is 32.5. The van der Waals surface area contributed by atoms with Gasteiger partial charge in [-0.15, -0.1) is 0 Å². The summed E-state index contributed by atoms with van der Waals surface area (Å²) in [5.41, 5.74) is 4.26. The summed E-state index contributed by atoms with van der Waals surface area (Å²) < 4.78 is 28.4. The largest absolute Gasteiger partial charge is 0.344 e. The normalized spacial score (nSPS) is 12.1. The van der Waals surface area contributed by atoms with Gasteiger partial charge in [0.1, 0.15) is 6.54 Å². The Kier molecular flexibility index (Phi) is 7.32. The number of carbonyl (C=O) groups excluding carboxylic acids is 1. The first-order valence-electron chi connectivity index (χ1n) is 11.4. The molecular formula is C29H28N2O3S. The number of hydrogen-bond donors (Lipinski definition) is 1. The summed E-state index contributed by atoms with van der Waals surface area (Å²) in [6.45, 7) is 3.53. The van der Waals surface area contributed by atoms with E-state index in [1.165, 1.54) is 16.4 Å². The summed E-state index contributed by atoms with van der Waals surface area (Å²) >= 11 is 0. The van der Waals surface area contributed by atoms with E-state index in [-0.39, 0.29) is 11.4 Å². The van der Waals surface area contributed by atoms with E-state index in [1.807, 2.05) is 74.5 Å². The summed E-state index contributed by atoms with van der Waals surface area (Å²) in [7, 11) is -3.97. The molecule has 0 bridgehead atoms. The number of benzene rings is 4. The van der Waals surface area contributed by atoms with Crippen molar-refractivity contribution in [2.75, 3.05) is 10.8 Å². The van der Waals surface area contributed by atoms with Crippen molar-refractivity contribution < 1.29 is 13.2 Å². The van der Waals surface area contributed by atoms with E-state index < -0.39 is 22.0 Å². The number of carbonyl (C=O) groups is 1. The number of anilines is 1. The molecule has 0 aliphatic heterocycles. The molecule has 4 aromatic rings. The predicted molar refractivity (Wildman–Crippen MR) is 140 cm³/mol. The van der Waals surface area contributed by atoms with Crippen LogP contribution in [-0.4, -0.2) is 20.9 Å². The third-order valence-corrected chi connectivity index (χ3v) is 7.63. The number of amides is 1. The van der Waals surface area contributed by atoms with Crippen molar-refractivity contribution in [3.05, 3.63) is 131 Å². The molecule has 1 atom stereocenters. The molecule has 0 saturated heterocycles. The van der Waals surface area contributed by atoms with E-state index in [1.54, 1.807) is 36.4 Å². The highest BCUT2D eigenvalue weighted by molar-refractivity contribution is 7.92. The minimum atomic E-state index is -3.97. The molecule has 0 aromatic heterocycles. The van der Waals surface area contributed by atoms with Gasteiger partial charge in [-0.1, -0.05) is 84.9 Å². The fourth-order valence-corrected chi connectivity index (χ4v) is 5.49. The summed E-state index contributed by atoms with van der Waals surface area (Å²) in [6.07, 6.45) is 0. The van der Waals surface area contributed by atoms with Gasteiger partial charge in [0.2, 0.25) is 5.91 Å². The molecule has 0 heterocycles. The molecule has 35 heavy (non-hydrogen) atoms. The van der Waals surface area contributed by atoms with E-state index in [2.05, 4.69) is 5.32 Å². The maximum atomic E-state index is 13.6. The van der Waals surface area contributed by atoms with Crippen LogP contribution in [0.2, 0.25) is 0 Å². The average Bonchev–Trinajstić information content (AvgIpc) is 2.87. The van der Waals surface area contributed by atoms with Crippen LogP contribution in [0.25, 0.3) is 0 Å². The molecule has 0 unspecified atom stereocenters. The first kappa shape index (κ1) is 24.2. The second-order valence-corrected chi connectivity index (χ2v) is 10.3. The lowest BCUT2D eigenvalue weighted by molar-refractivity contribution is -0.120. The van der Waals surface area contributed by atoms with Gasteiger partial charge in [-0.2, -0.15) is 0 Å². The Morgan fingerprint density at radius 3 is 2.09 bits per heavy atom. The third kappa shape index (κ3) is 5.61. The SMILES string of the molecule is Cc1cccc(N(CC(=O)N[C@@H](c2ccccc2)c2ccccc2C)S(=O)(=O)c2ccccc2)c1. The maximum absolute atomic E-state index is 13.6. The molecular weight excluding hydrogens is 456 g/mol. The predicted octanol–water partition coefficient (Wildman–Crippen LogP) is 5.40. The van der Waals surface area contributed by atoms with Gasteiger partial charge in [0, 0.05) is 0 Å². The van der Waals surface area contributed by atoms with Crippen LogP contribution in [-0.2, 0) is 14.8 Å². The van der Waals surface area contributed by atoms with Gasteiger partial charge < -0.3 is 5.32 Å². The lowest BCUT2D eigenvalue weighted by Gasteiger charge is -2.27. The Balaban J connectivity index is 1.70. The minimum Gasteiger partial charge on any atom is -0.344 e. The second-order valence-electron chi connectivity index (χ2n) is 8.43. The smallest absolute Gasteiger partial charge is 0.264 e. The van der Waals surface area contributed by atoms with E-state index in [0.29, 0.717) is 5.69 Å². The molecule has 178 valence electrons. The molecule has 0 fully saturated rings. The highest BCUT2D eigenvalue weighted by Gasteiger charge is 2.28. The van der Waals surface area contributed by atoms with E-state index in [9.17, 15) is 13.2 Å². The summed E-state index contributed by atoms with van der Waals surface area (Å²) in [5.74, 6) is -0.400. The fourth-order valence-electron chi connectivity index (χ4n) is 4.05. The van der Waals surface area contributed by atoms with Gasteiger partial charge in [-0.3, -0.25) is 9.10 Å². The Bertz CT molecular complexity index is 1400. The molecule has 0 radical (unpaired) electrons. The lowest BCUT2D eigenvalue weighted by atomic mass is 9.95. The quantitative estimate of drug-likeness (QED) is 0.364. The Hall–Kier alpha value is -3.90.